The molecule has 1 atom stereocenters. The van der Waals surface area contributed by atoms with E-state index in [2.05, 4.69) is 37.0 Å². The molecule has 1 heterocycles. The molecule has 104 valence electrons. The number of methoxy groups -OCH3 is 1. The lowest BCUT2D eigenvalue weighted by atomic mass is 9.85. The first-order valence-corrected chi connectivity index (χ1v) is 6.72. The summed E-state index contributed by atoms with van der Waals surface area (Å²) in [6, 6.07) is 8.51. The maximum absolute atomic E-state index is 11.9. The van der Waals surface area contributed by atoms with E-state index in [4.69, 9.17) is 4.74 Å². The third kappa shape index (κ3) is 1.83. The van der Waals surface area contributed by atoms with Crippen LogP contribution in [-0.4, -0.2) is 22.6 Å². The summed E-state index contributed by atoms with van der Waals surface area (Å²) in [6.45, 7) is 4.44. The number of esters is 1. The fraction of sp³-hybridized carbons (Fsp3) is 0.375. The number of nitrogens with zero attached hydrogens (tertiary/aromatic N) is 2. The van der Waals surface area contributed by atoms with Crippen molar-refractivity contribution in [1.29, 1.82) is 0 Å². The summed E-state index contributed by atoms with van der Waals surface area (Å²) in [5, 5.41) is 0. The Morgan fingerprint density at radius 2 is 2.15 bits per heavy atom. The van der Waals surface area contributed by atoms with Gasteiger partial charge in [-0.25, -0.2) is 9.78 Å². The molecule has 0 radical (unpaired) electrons. The summed E-state index contributed by atoms with van der Waals surface area (Å²) in [4.78, 5) is 16.0. The molecule has 4 nitrogen and oxygen atoms in total. The molecular weight excluding hydrogens is 252 g/mol. The fourth-order valence-corrected chi connectivity index (χ4v) is 3.27. The molecule has 0 amide bonds. The van der Waals surface area contributed by atoms with Gasteiger partial charge in [-0.05, 0) is 23.0 Å². The normalized spacial score (nSPS) is 19.6. The highest BCUT2D eigenvalue weighted by Crippen LogP contribution is 2.47. The van der Waals surface area contributed by atoms with Gasteiger partial charge in [-0.15, -0.1) is 0 Å². The minimum Gasteiger partial charge on any atom is -0.464 e. The summed E-state index contributed by atoms with van der Waals surface area (Å²) in [5.74, 6) is -0.345. The van der Waals surface area contributed by atoms with Gasteiger partial charge in [0.15, 0.2) is 0 Å². The lowest BCUT2D eigenvalue weighted by Crippen LogP contribution is -2.26. The van der Waals surface area contributed by atoms with Crippen LogP contribution in [-0.2, 0) is 11.2 Å². The van der Waals surface area contributed by atoms with Gasteiger partial charge >= 0.3 is 5.97 Å². The zero-order valence-electron chi connectivity index (χ0n) is 12.0. The third-order valence-electron chi connectivity index (χ3n) is 4.07. The first kappa shape index (κ1) is 12.9. The predicted octanol–water partition coefficient (Wildman–Crippen LogP) is 2.84. The molecule has 0 saturated carbocycles. The molecule has 1 aliphatic carbocycles. The SMILES string of the molecule is COC(=O)c1cncn1[C@@H]1c2ccccc2CC1(C)C. The monoisotopic (exact) mass is 270 g/mol. The van der Waals surface area contributed by atoms with Crippen LogP contribution >= 0.6 is 0 Å². The number of carbonyl (C=O) groups is 1. The van der Waals surface area contributed by atoms with Crippen molar-refractivity contribution < 1.29 is 9.53 Å². The fourth-order valence-electron chi connectivity index (χ4n) is 3.27. The van der Waals surface area contributed by atoms with Gasteiger partial charge in [0.05, 0.1) is 25.7 Å². The highest BCUT2D eigenvalue weighted by atomic mass is 16.5. The van der Waals surface area contributed by atoms with Gasteiger partial charge < -0.3 is 9.30 Å². The van der Waals surface area contributed by atoms with Gasteiger partial charge in [0.2, 0.25) is 0 Å². The van der Waals surface area contributed by atoms with E-state index in [1.54, 1.807) is 12.5 Å². The molecule has 20 heavy (non-hydrogen) atoms. The van der Waals surface area contributed by atoms with Crippen LogP contribution in [0.5, 0.6) is 0 Å². The van der Waals surface area contributed by atoms with Crippen molar-refractivity contribution in [2.75, 3.05) is 7.11 Å². The summed E-state index contributed by atoms with van der Waals surface area (Å²) in [5.41, 5.74) is 3.14. The number of aromatic nitrogens is 2. The van der Waals surface area contributed by atoms with Crippen LogP contribution < -0.4 is 0 Å². The van der Waals surface area contributed by atoms with Crippen molar-refractivity contribution in [3.05, 3.63) is 53.6 Å². The molecule has 1 aromatic heterocycles. The summed E-state index contributed by atoms with van der Waals surface area (Å²) in [7, 11) is 1.40. The number of ether oxygens (including phenoxy) is 1. The molecule has 1 aromatic carbocycles. The molecule has 2 aromatic rings. The van der Waals surface area contributed by atoms with Crippen LogP contribution in [0.3, 0.4) is 0 Å². The molecule has 0 aliphatic heterocycles. The van der Waals surface area contributed by atoms with E-state index in [0.717, 1.165) is 6.42 Å². The molecule has 0 saturated heterocycles. The zero-order chi connectivity index (χ0) is 14.3. The van der Waals surface area contributed by atoms with E-state index >= 15 is 0 Å². The molecule has 3 rings (SSSR count). The minimum absolute atomic E-state index is 0.0349. The van der Waals surface area contributed by atoms with Gasteiger partial charge in [0.25, 0.3) is 0 Å². The predicted molar refractivity (Wildman–Crippen MR) is 75.6 cm³/mol. The van der Waals surface area contributed by atoms with E-state index in [0.29, 0.717) is 5.69 Å². The number of imidazole rings is 1. The van der Waals surface area contributed by atoms with E-state index in [9.17, 15) is 4.79 Å². The van der Waals surface area contributed by atoms with Crippen LogP contribution in [0.4, 0.5) is 0 Å². The Balaban J connectivity index is 2.14. The van der Waals surface area contributed by atoms with Crippen LogP contribution in [0.2, 0.25) is 0 Å². The highest BCUT2D eigenvalue weighted by Gasteiger charge is 2.41. The molecule has 4 heteroatoms. The second-order valence-electron chi connectivity index (χ2n) is 5.94. The average molecular weight is 270 g/mol. The molecule has 0 bridgehead atoms. The Hall–Kier alpha value is -2.10. The highest BCUT2D eigenvalue weighted by molar-refractivity contribution is 5.87. The maximum Gasteiger partial charge on any atom is 0.356 e. The van der Waals surface area contributed by atoms with Crippen molar-refractivity contribution in [1.82, 2.24) is 9.55 Å². The third-order valence-corrected chi connectivity index (χ3v) is 4.07. The topological polar surface area (TPSA) is 44.1 Å². The Morgan fingerprint density at radius 3 is 2.90 bits per heavy atom. The van der Waals surface area contributed by atoms with Crippen molar-refractivity contribution in [3.8, 4) is 0 Å². The van der Waals surface area contributed by atoms with Gasteiger partial charge in [-0.3, -0.25) is 0 Å². The number of fused-ring (bicyclic) bond motifs is 1. The van der Waals surface area contributed by atoms with Gasteiger partial charge in [0.1, 0.15) is 5.69 Å². The smallest absolute Gasteiger partial charge is 0.356 e. The largest absolute Gasteiger partial charge is 0.464 e. The Kier molecular flexibility index (Phi) is 2.89. The standard InChI is InChI=1S/C16H18N2O2/c1-16(2)8-11-6-4-5-7-12(11)14(16)18-10-17-9-13(18)15(19)20-3/h4-7,9-10,14H,8H2,1-3H3/t14-/m1/s1. The van der Waals surface area contributed by atoms with Crippen LogP contribution in [0.25, 0.3) is 0 Å². The van der Waals surface area contributed by atoms with Crippen molar-refractivity contribution >= 4 is 5.97 Å². The molecule has 0 spiro atoms. The summed E-state index contributed by atoms with van der Waals surface area (Å²) < 4.78 is 6.79. The van der Waals surface area contributed by atoms with Crippen LogP contribution in [0.15, 0.2) is 36.8 Å². The number of hydrogen-bond donors (Lipinski definition) is 0. The van der Waals surface area contributed by atoms with Crippen molar-refractivity contribution in [2.24, 2.45) is 5.41 Å². The van der Waals surface area contributed by atoms with Crippen LogP contribution in [0.1, 0.15) is 41.5 Å². The zero-order valence-corrected chi connectivity index (χ0v) is 12.0. The van der Waals surface area contributed by atoms with Gasteiger partial charge in [-0.1, -0.05) is 38.1 Å². The first-order valence-electron chi connectivity index (χ1n) is 6.72. The van der Waals surface area contributed by atoms with E-state index < -0.39 is 0 Å². The second-order valence-corrected chi connectivity index (χ2v) is 5.94. The van der Waals surface area contributed by atoms with E-state index in [1.165, 1.54) is 18.2 Å². The van der Waals surface area contributed by atoms with Gasteiger partial charge in [-0.2, -0.15) is 0 Å². The van der Waals surface area contributed by atoms with E-state index in [1.807, 2.05) is 10.6 Å². The Bertz CT molecular complexity index is 658. The lowest BCUT2D eigenvalue weighted by Gasteiger charge is -2.29. The quantitative estimate of drug-likeness (QED) is 0.788. The van der Waals surface area contributed by atoms with Crippen molar-refractivity contribution in [3.63, 3.8) is 0 Å². The number of hydrogen-bond acceptors (Lipinski definition) is 3. The molecular formula is C16H18N2O2. The second kappa shape index (κ2) is 4.47. The lowest BCUT2D eigenvalue weighted by molar-refractivity contribution is 0.0583. The average Bonchev–Trinajstić information content (AvgIpc) is 2.97. The maximum atomic E-state index is 11.9. The molecule has 0 unspecified atom stereocenters. The van der Waals surface area contributed by atoms with E-state index in [-0.39, 0.29) is 17.4 Å². The number of carbonyl (C=O) groups excluding carboxylic acids is 1. The summed E-state index contributed by atoms with van der Waals surface area (Å²) >= 11 is 0. The minimum atomic E-state index is -0.345. The first-order chi connectivity index (χ1) is 9.54. The summed E-state index contributed by atoms with van der Waals surface area (Å²) in [6.07, 6.45) is 4.29. The Labute approximate surface area is 118 Å². The molecule has 1 aliphatic rings. The van der Waals surface area contributed by atoms with Crippen LogP contribution in [0, 0.1) is 5.41 Å². The van der Waals surface area contributed by atoms with Crippen molar-refractivity contribution in [2.45, 2.75) is 26.3 Å². The van der Waals surface area contributed by atoms with Gasteiger partial charge in [0, 0.05) is 0 Å². The molecule has 0 fully saturated rings. The number of benzene rings is 1. The Morgan fingerprint density at radius 1 is 1.40 bits per heavy atom. The number of rotatable bonds is 2. The molecule has 0 N–H and O–H groups in total.